The van der Waals surface area contributed by atoms with Crippen LogP contribution in [-0.4, -0.2) is 34.1 Å². The number of aryl methyl sites for hydroxylation is 1. The smallest absolute Gasteiger partial charge is 0.110 e. The molecule has 0 bridgehead atoms. The van der Waals surface area contributed by atoms with E-state index in [0.717, 1.165) is 19.5 Å². The Balaban J connectivity index is 2.54. The fourth-order valence-electron chi connectivity index (χ4n) is 2.02. The molecule has 17 heavy (non-hydrogen) atoms. The van der Waals surface area contributed by atoms with Gasteiger partial charge in [-0.2, -0.15) is 11.8 Å². The second-order valence-corrected chi connectivity index (χ2v) is 5.26. The van der Waals surface area contributed by atoms with Gasteiger partial charge in [-0.1, -0.05) is 13.8 Å². The van der Waals surface area contributed by atoms with Gasteiger partial charge in [0.1, 0.15) is 5.82 Å². The van der Waals surface area contributed by atoms with Crippen LogP contribution in [-0.2, 0) is 13.0 Å². The summed E-state index contributed by atoms with van der Waals surface area (Å²) in [5.74, 6) is 2.44. The first-order chi connectivity index (χ1) is 8.31. The molecular weight excluding hydrogens is 230 g/mol. The summed E-state index contributed by atoms with van der Waals surface area (Å²) >= 11 is 1.92. The van der Waals surface area contributed by atoms with E-state index in [9.17, 15) is 0 Å². The van der Waals surface area contributed by atoms with Crippen molar-refractivity contribution >= 4 is 11.8 Å². The molecule has 0 amide bonds. The lowest BCUT2D eigenvalue weighted by Crippen LogP contribution is -2.32. The molecule has 0 saturated carbocycles. The van der Waals surface area contributed by atoms with E-state index in [1.54, 1.807) is 0 Å². The van der Waals surface area contributed by atoms with Crippen LogP contribution in [0.4, 0.5) is 0 Å². The van der Waals surface area contributed by atoms with Crippen LogP contribution in [0.25, 0.3) is 0 Å². The summed E-state index contributed by atoms with van der Waals surface area (Å²) in [4.78, 5) is 4.48. The lowest BCUT2D eigenvalue weighted by atomic mass is 10.1. The van der Waals surface area contributed by atoms with Gasteiger partial charge in [0, 0.05) is 31.4 Å². The summed E-state index contributed by atoms with van der Waals surface area (Å²) in [5, 5.41) is 3.56. The van der Waals surface area contributed by atoms with Crippen LogP contribution in [0.3, 0.4) is 0 Å². The van der Waals surface area contributed by atoms with E-state index < -0.39 is 0 Å². The number of hydrogen-bond acceptors (Lipinski definition) is 3. The molecule has 1 aromatic rings. The summed E-state index contributed by atoms with van der Waals surface area (Å²) < 4.78 is 2.28. The zero-order valence-corrected chi connectivity index (χ0v) is 12.1. The number of rotatable bonds is 9. The van der Waals surface area contributed by atoms with Crippen LogP contribution < -0.4 is 5.32 Å². The monoisotopic (exact) mass is 255 g/mol. The maximum atomic E-state index is 4.48. The summed E-state index contributed by atoms with van der Waals surface area (Å²) in [7, 11) is 0. The molecular formula is C13H25N3S. The molecule has 0 aliphatic carbocycles. The molecule has 1 aromatic heterocycles. The second-order valence-electron chi connectivity index (χ2n) is 4.28. The van der Waals surface area contributed by atoms with Crippen molar-refractivity contribution in [2.24, 2.45) is 0 Å². The molecule has 0 spiro atoms. The number of thioether (sulfide) groups is 1. The Morgan fingerprint density at radius 3 is 2.94 bits per heavy atom. The molecule has 1 unspecified atom stereocenters. The third-order valence-electron chi connectivity index (χ3n) is 2.86. The summed E-state index contributed by atoms with van der Waals surface area (Å²) in [5.41, 5.74) is 0. The highest BCUT2D eigenvalue weighted by Gasteiger charge is 2.11. The molecule has 1 heterocycles. The van der Waals surface area contributed by atoms with Gasteiger partial charge in [-0.3, -0.25) is 0 Å². The first kappa shape index (κ1) is 14.6. The van der Waals surface area contributed by atoms with E-state index in [1.165, 1.54) is 24.4 Å². The molecule has 0 radical (unpaired) electrons. The quantitative estimate of drug-likeness (QED) is 0.735. The lowest BCUT2D eigenvalue weighted by Gasteiger charge is -2.17. The summed E-state index contributed by atoms with van der Waals surface area (Å²) in [6.07, 6.45) is 9.61. The van der Waals surface area contributed by atoms with E-state index in [-0.39, 0.29) is 0 Å². The van der Waals surface area contributed by atoms with Gasteiger partial charge in [-0.15, -0.1) is 0 Å². The van der Waals surface area contributed by atoms with Crippen molar-refractivity contribution in [3.8, 4) is 0 Å². The number of nitrogens with one attached hydrogen (secondary N) is 1. The van der Waals surface area contributed by atoms with Crippen molar-refractivity contribution in [3.63, 3.8) is 0 Å². The highest BCUT2D eigenvalue weighted by Crippen LogP contribution is 2.08. The number of hydrogen-bond donors (Lipinski definition) is 1. The zero-order chi connectivity index (χ0) is 12.5. The minimum absolute atomic E-state index is 0.561. The SMILES string of the molecule is CCCn1ccnc1CC(CCSC)NCC. The third kappa shape index (κ3) is 5.13. The molecule has 0 fully saturated rings. The molecule has 98 valence electrons. The first-order valence-corrected chi connectivity index (χ1v) is 7.93. The van der Waals surface area contributed by atoms with Gasteiger partial charge in [0.05, 0.1) is 0 Å². The van der Waals surface area contributed by atoms with Crippen molar-refractivity contribution in [1.29, 1.82) is 0 Å². The van der Waals surface area contributed by atoms with Crippen LogP contribution >= 0.6 is 11.8 Å². The predicted octanol–water partition coefficient (Wildman–Crippen LogP) is 2.57. The number of aromatic nitrogens is 2. The van der Waals surface area contributed by atoms with Crippen LogP contribution in [0.15, 0.2) is 12.4 Å². The summed E-state index contributed by atoms with van der Waals surface area (Å²) in [6, 6.07) is 0.561. The van der Waals surface area contributed by atoms with Crippen molar-refractivity contribution in [2.45, 2.75) is 45.7 Å². The molecule has 1 atom stereocenters. The maximum absolute atomic E-state index is 4.48. The lowest BCUT2D eigenvalue weighted by molar-refractivity contribution is 0.488. The van der Waals surface area contributed by atoms with Crippen LogP contribution in [0.2, 0.25) is 0 Å². The van der Waals surface area contributed by atoms with E-state index >= 15 is 0 Å². The highest BCUT2D eigenvalue weighted by molar-refractivity contribution is 7.98. The van der Waals surface area contributed by atoms with Crippen molar-refractivity contribution < 1.29 is 0 Å². The van der Waals surface area contributed by atoms with Crippen LogP contribution in [0, 0.1) is 0 Å². The van der Waals surface area contributed by atoms with Gasteiger partial charge < -0.3 is 9.88 Å². The minimum atomic E-state index is 0.561. The van der Waals surface area contributed by atoms with Crippen LogP contribution in [0.1, 0.15) is 32.5 Å². The number of imidazole rings is 1. The zero-order valence-electron chi connectivity index (χ0n) is 11.3. The Bertz CT molecular complexity index is 299. The Morgan fingerprint density at radius 1 is 1.47 bits per heavy atom. The highest BCUT2D eigenvalue weighted by atomic mass is 32.2. The van der Waals surface area contributed by atoms with Gasteiger partial charge in [-0.05, 0) is 31.4 Å². The van der Waals surface area contributed by atoms with Gasteiger partial charge in [0.2, 0.25) is 0 Å². The largest absolute Gasteiger partial charge is 0.335 e. The molecule has 3 nitrogen and oxygen atoms in total. The van der Waals surface area contributed by atoms with E-state index in [4.69, 9.17) is 0 Å². The summed E-state index contributed by atoms with van der Waals surface area (Å²) in [6.45, 7) is 6.49. The maximum Gasteiger partial charge on any atom is 0.110 e. The Kier molecular flexibility index (Phi) is 7.37. The minimum Gasteiger partial charge on any atom is -0.335 e. The van der Waals surface area contributed by atoms with Crippen molar-refractivity contribution in [3.05, 3.63) is 18.2 Å². The average Bonchev–Trinajstić information content (AvgIpc) is 2.74. The fourth-order valence-corrected chi connectivity index (χ4v) is 2.54. The Morgan fingerprint density at radius 2 is 2.29 bits per heavy atom. The predicted molar refractivity (Wildman–Crippen MR) is 76.7 cm³/mol. The van der Waals surface area contributed by atoms with Crippen molar-refractivity contribution in [1.82, 2.24) is 14.9 Å². The van der Waals surface area contributed by atoms with Crippen molar-refractivity contribution in [2.75, 3.05) is 18.6 Å². The van der Waals surface area contributed by atoms with Gasteiger partial charge in [0.15, 0.2) is 0 Å². The standard InChI is InChI=1S/C13H25N3S/c1-4-8-16-9-7-15-13(16)11-12(14-5-2)6-10-17-3/h7,9,12,14H,4-6,8,10-11H2,1-3H3. The first-order valence-electron chi connectivity index (χ1n) is 6.54. The molecule has 4 heteroatoms. The van der Waals surface area contributed by atoms with E-state index in [1.807, 2.05) is 18.0 Å². The molecule has 0 aliphatic heterocycles. The molecule has 0 aromatic carbocycles. The number of likely N-dealkylation sites (N-methyl/N-ethyl adjacent to an activating group) is 1. The second kappa shape index (κ2) is 8.59. The molecule has 0 saturated heterocycles. The Labute approximate surface area is 109 Å². The van der Waals surface area contributed by atoms with Gasteiger partial charge >= 0.3 is 0 Å². The third-order valence-corrected chi connectivity index (χ3v) is 3.50. The Hall–Kier alpha value is -0.480. The van der Waals surface area contributed by atoms with Gasteiger partial charge in [-0.25, -0.2) is 4.98 Å². The van der Waals surface area contributed by atoms with E-state index in [2.05, 4.69) is 41.2 Å². The molecule has 0 aliphatic rings. The topological polar surface area (TPSA) is 29.9 Å². The average molecular weight is 255 g/mol. The van der Waals surface area contributed by atoms with Gasteiger partial charge in [0.25, 0.3) is 0 Å². The van der Waals surface area contributed by atoms with E-state index in [0.29, 0.717) is 6.04 Å². The fraction of sp³-hybridized carbons (Fsp3) is 0.769. The molecule has 1 N–H and O–H groups in total. The number of nitrogens with zero attached hydrogens (tertiary/aromatic N) is 2. The van der Waals surface area contributed by atoms with Crippen LogP contribution in [0.5, 0.6) is 0 Å². The molecule has 1 rings (SSSR count). The normalized spacial score (nSPS) is 12.9.